The molecule has 0 unspecified atom stereocenters. The van der Waals surface area contributed by atoms with Gasteiger partial charge in [-0.1, -0.05) is 0 Å². The molecule has 0 amide bonds. The van der Waals surface area contributed by atoms with Crippen LogP contribution in [-0.4, -0.2) is 0 Å². The van der Waals surface area contributed by atoms with Gasteiger partial charge in [-0.2, -0.15) is 13.8 Å². The van der Waals surface area contributed by atoms with Crippen molar-refractivity contribution in [3.05, 3.63) is 13.8 Å². The normalized spacial score (nSPS) is 2.40. The molecule has 0 rings (SSSR count). The number of rotatable bonds is 0. The summed E-state index contributed by atoms with van der Waals surface area (Å²) < 4.78 is 0. The zero-order valence-corrected chi connectivity index (χ0v) is 5.88. The Balaban J connectivity index is -0.0000000133. The molecule has 5 heavy (non-hydrogen) atoms. The van der Waals surface area contributed by atoms with Gasteiger partial charge in [-0.05, 0) is 0 Å². The van der Waals surface area contributed by atoms with Gasteiger partial charge >= 0.3 is 0 Å². The van der Waals surface area contributed by atoms with E-state index >= 15 is 0 Å². The second-order valence-electron chi connectivity index (χ2n) is 0. The van der Waals surface area contributed by atoms with Crippen molar-refractivity contribution >= 4 is 0 Å². The third-order valence-electron chi connectivity index (χ3n) is 0. The largest absolute Gasteiger partial charge is 0.346 e. The molecule has 0 bridgehead atoms. The van der Waals surface area contributed by atoms with Crippen LogP contribution in [0.5, 0.6) is 0 Å². The zero-order valence-electron chi connectivity index (χ0n) is 3.72. The zero-order chi connectivity index (χ0) is 4.00. The fourth-order valence-corrected chi connectivity index (χ4v) is 0. The molecule has 39 valence electrons. The Bertz CT molecular complexity index is 3.61. The van der Waals surface area contributed by atoms with Gasteiger partial charge in [-0.25, -0.2) is 0 Å². The molecule has 0 saturated carbocycles. The van der Waals surface area contributed by atoms with Crippen molar-refractivity contribution in [2.75, 3.05) is 0 Å². The number of hydrogen-bond acceptors (Lipinski definition) is 0. The first-order valence-electron chi connectivity index (χ1n) is 1.41. The van der Waals surface area contributed by atoms with Gasteiger partial charge in [-0.15, -0.1) is 0 Å². The van der Waals surface area contributed by atoms with Gasteiger partial charge in [0.15, 0.2) is 0 Å². The van der Waals surface area contributed by atoms with Gasteiger partial charge < -0.3 is 13.8 Å². The summed E-state index contributed by atoms with van der Waals surface area (Å²) in [5.41, 5.74) is 0. The van der Waals surface area contributed by atoms with Gasteiger partial charge in [-0.3, -0.25) is 0 Å². The van der Waals surface area contributed by atoms with Crippen LogP contribution < -0.4 is 0 Å². The van der Waals surface area contributed by atoms with E-state index in [-0.39, 0.29) is 22.4 Å². The minimum absolute atomic E-state index is 0. The molecular formula is C4H10Au-2. The molecule has 1 radical (unpaired) electrons. The van der Waals surface area contributed by atoms with Crippen molar-refractivity contribution in [2.45, 2.75) is 13.8 Å². The molecule has 0 heterocycles. The first kappa shape index (κ1) is 17.2. The standard InChI is InChI=1S/2C2H5.Au/c2*1-2;/h2*1H2,2H3;/q2*-1;. The van der Waals surface area contributed by atoms with Crippen LogP contribution in [0.3, 0.4) is 0 Å². The SMILES string of the molecule is [Au].[CH2-]C.[CH2-]C. The average Bonchev–Trinajstić information content (AvgIpc) is 1.50. The van der Waals surface area contributed by atoms with E-state index in [0.29, 0.717) is 0 Å². The third-order valence-corrected chi connectivity index (χ3v) is 0. The van der Waals surface area contributed by atoms with Crippen LogP contribution in [0.2, 0.25) is 0 Å². The predicted octanol–water partition coefficient (Wildman–Crippen LogP) is 1.68. The molecule has 0 aliphatic rings. The molecule has 0 saturated heterocycles. The van der Waals surface area contributed by atoms with Gasteiger partial charge in [0.05, 0.1) is 0 Å². The van der Waals surface area contributed by atoms with Crippen molar-refractivity contribution in [2.24, 2.45) is 0 Å². The summed E-state index contributed by atoms with van der Waals surface area (Å²) in [6.07, 6.45) is 0. The van der Waals surface area contributed by atoms with E-state index in [2.05, 4.69) is 13.8 Å². The Morgan fingerprint density at radius 3 is 0.800 bits per heavy atom. The molecule has 0 spiro atoms. The summed E-state index contributed by atoms with van der Waals surface area (Å²) in [6, 6.07) is 0. The van der Waals surface area contributed by atoms with Crippen molar-refractivity contribution in [1.29, 1.82) is 0 Å². The van der Waals surface area contributed by atoms with Crippen LogP contribution in [0.4, 0.5) is 0 Å². The topological polar surface area (TPSA) is 0 Å². The maximum atomic E-state index is 3.25. The van der Waals surface area contributed by atoms with Crippen LogP contribution in [0.25, 0.3) is 0 Å². The van der Waals surface area contributed by atoms with Gasteiger partial charge in [0.2, 0.25) is 0 Å². The molecule has 0 aromatic heterocycles. The molecule has 0 aliphatic heterocycles. The minimum atomic E-state index is 0. The molecule has 0 aromatic carbocycles. The monoisotopic (exact) mass is 255 g/mol. The third kappa shape index (κ3) is 65.0. The Hall–Kier alpha value is 0.740. The summed E-state index contributed by atoms with van der Waals surface area (Å²) in [4.78, 5) is 0. The van der Waals surface area contributed by atoms with Crippen LogP contribution >= 0.6 is 0 Å². The molecule has 0 N–H and O–H groups in total. The molecule has 0 atom stereocenters. The fourth-order valence-electron chi connectivity index (χ4n) is 0. The Kier molecular flexibility index (Phi) is 416. The second kappa shape index (κ2) is 121. The van der Waals surface area contributed by atoms with Crippen molar-refractivity contribution in [3.8, 4) is 0 Å². The van der Waals surface area contributed by atoms with Crippen LogP contribution in [0.15, 0.2) is 0 Å². The van der Waals surface area contributed by atoms with Crippen molar-refractivity contribution in [3.63, 3.8) is 0 Å². The van der Waals surface area contributed by atoms with E-state index in [0.717, 1.165) is 0 Å². The van der Waals surface area contributed by atoms with Crippen LogP contribution in [0.1, 0.15) is 13.8 Å². The Morgan fingerprint density at radius 2 is 0.800 bits per heavy atom. The Morgan fingerprint density at radius 1 is 0.800 bits per heavy atom. The van der Waals surface area contributed by atoms with Crippen LogP contribution in [0, 0.1) is 13.8 Å². The van der Waals surface area contributed by atoms with E-state index in [4.69, 9.17) is 0 Å². The van der Waals surface area contributed by atoms with Crippen LogP contribution in [-0.2, 0) is 22.4 Å². The van der Waals surface area contributed by atoms with Crippen molar-refractivity contribution < 1.29 is 22.4 Å². The maximum absolute atomic E-state index is 3.25. The molecule has 0 fully saturated rings. The smallest absolute Gasteiger partial charge is 0 e. The fraction of sp³-hybridized carbons (Fsp3) is 0.500. The molecule has 0 aliphatic carbocycles. The number of hydrogen-bond donors (Lipinski definition) is 0. The summed E-state index contributed by atoms with van der Waals surface area (Å²) >= 11 is 0. The first-order valence-corrected chi connectivity index (χ1v) is 1.41. The quantitative estimate of drug-likeness (QED) is 0.456. The summed E-state index contributed by atoms with van der Waals surface area (Å²) in [5.74, 6) is 0. The van der Waals surface area contributed by atoms with E-state index in [1.807, 2.05) is 0 Å². The van der Waals surface area contributed by atoms with E-state index in [1.165, 1.54) is 0 Å². The molecule has 0 nitrogen and oxygen atoms in total. The van der Waals surface area contributed by atoms with Gasteiger partial charge in [0.1, 0.15) is 0 Å². The van der Waals surface area contributed by atoms with E-state index in [9.17, 15) is 0 Å². The van der Waals surface area contributed by atoms with E-state index in [1.54, 1.807) is 13.8 Å². The molecular weight excluding hydrogens is 245 g/mol. The molecule has 0 aromatic rings. The average molecular weight is 255 g/mol. The van der Waals surface area contributed by atoms with Crippen molar-refractivity contribution in [1.82, 2.24) is 0 Å². The predicted molar refractivity (Wildman–Crippen MR) is 22.1 cm³/mol. The first-order chi connectivity index (χ1) is 2.00. The summed E-state index contributed by atoms with van der Waals surface area (Å²) in [5, 5.41) is 0. The minimum Gasteiger partial charge on any atom is -0.346 e. The van der Waals surface area contributed by atoms with Gasteiger partial charge in [0.25, 0.3) is 0 Å². The summed E-state index contributed by atoms with van der Waals surface area (Å²) in [6.45, 7) is 10.0. The molecule has 1 heteroatoms. The second-order valence-corrected chi connectivity index (χ2v) is 0. The maximum Gasteiger partial charge on any atom is 0 e. The van der Waals surface area contributed by atoms with Gasteiger partial charge in [0, 0.05) is 22.4 Å². The Labute approximate surface area is 50.5 Å². The van der Waals surface area contributed by atoms with E-state index < -0.39 is 0 Å². The summed E-state index contributed by atoms with van der Waals surface area (Å²) in [7, 11) is 0.